The molecule has 0 atom stereocenters. The minimum atomic E-state index is -4.03. The topological polar surface area (TPSA) is 126 Å². The van der Waals surface area contributed by atoms with Crippen LogP contribution in [0.5, 0.6) is 0 Å². The van der Waals surface area contributed by atoms with Gasteiger partial charge in [-0.15, -0.1) is 12.6 Å². The minimum Gasteiger partial charge on any atom is -0.368 e. The molecule has 0 radical (unpaired) electrons. The van der Waals surface area contributed by atoms with Gasteiger partial charge in [0.05, 0.1) is 5.54 Å². The number of nitrogens with two attached hydrogens (primary N) is 1. The second-order valence-corrected chi connectivity index (χ2v) is 9.67. The van der Waals surface area contributed by atoms with Crippen molar-refractivity contribution in [1.29, 1.82) is 0 Å². The van der Waals surface area contributed by atoms with Gasteiger partial charge >= 0.3 is 0 Å². The van der Waals surface area contributed by atoms with E-state index in [0.29, 0.717) is 17.0 Å². The number of thiol groups is 1. The quantitative estimate of drug-likeness (QED) is 0.622. The molecule has 2 aromatic rings. The molecule has 0 fully saturated rings. The Hall–Kier alpha value is -2.11. The van der Waals surface area contributed by atoms with E-state index in [9.17, 15) is 8.42 Å². The van der Waals surface area contributed by atoms with Crippen LogP contribution in [0.25, 0.3) is 0 Å². The van der Waals surface area contributed by atoms with E-state index in [4.69, 9.17) is 17.3 Å². The van der Waals surface area contributed by atoms with Crippen LogP contribution >= 0.6 is 24.2 Å². The van der Waals surface area contributed by atoms with Crippen LogP contribution in [-0.4, -0.2) is 34.6 Å². The van der Waals surface area contributed by atoms with Crippen molar-refractivity contribution in [2.24, 2.45) is 5.10 Å². The number of nitrogen functional groups attached to an aromatic ring is 1. The lowest BCUT2D eigenvalue weighted by Gasteiger charge is -2.28. The van der Waals surface area contributed by atoms with Crippen molar-refractivity contribution in [1.82, 2.24) is 15.0 Å². The van der Waals surface area contributed by atoms with E-state index in [1.54, 1.807) is 11.9 Å². The molecule has 28 heavy (non-hydrogen) atoms. The number of anilines is 3. The Bertz CT molecular complexity index is 1090. The van der Waals surface area contributed by atoms with Gasteiger partial charge in [-0.1, -0.05) is 11.6 Å². The lowest BCUT2D eigenvalue weighted by Crippen LogP contribution is -2.37. The number of hydrazone groups is 1. The molecule has 0 spiro atoms. The Morgan fingerprint density at radius 1 is 1.25 bits per heavy atom. The highest BCUT2D eigenvalue weighted by atomic mass is 35.5. The first-order chi connectivity index (χ1) is 12.9. The highest BCUT2D eigenvalue weighted by Crippen LogP contribution is 2.32. The van der Waals surface area contributed by atoms with E-state index >= 15 is 0 Å². The lowest BCUT2D eigenvalue weighted by molar-refractivity contribution is 0.506. The fraction of sp³-hybridized carbons (Fsp3) is 0.375. The highest BCUT2D eigenvalue weighted by Gasteiger charge is 2.35. The smallest absolute Gasteiger partial charge is 0.265 e. The van der Waals surface area contributed by atoms with Crippen LogP contribution in [0.15, 0.2) is 27.0 Å². The Labute approximate surface area is 173 Å². The lowest BCUT2D eigenvalue weighted by atomic mass is 9.99. The number of hydrogen-bond donors (Lipinski definition) is 3. The number of rotatable bonds is 4. The number of benzene rings is 1. The Morgan fingerprint density at radius 3 is 2.54 bits per heavy atom. The van der Waals surface area contributed by atoms with E-state index in [0.717, 1.165) is 5.71 Å². The molecule has 3 rings (SSSR count). The number of halogens is 1. The van der Waals surface area contributed by atoms with Crippen molar-refractivity contribution in [3.8, 4) is 0 Å². The molecule has 3 N–H and O–H groups in total. The van der Waals surface area contributed by atoms with Gasteiger partial charge < -0.3 is 5.73 Å². The summed E-state index contributed by atoms with van der Waals surface area (Å²) in [6, 6.07) is 2.89. The average molecular weight is 442 g/mol. The zero-order valence-corrected chi connectivity index (χ0v) is 18.2. The molecule has 1 aliphatic heterocycles. The second-order valence-electron chi connectivity index (χ2n) is 7.13. The maximum absolute atomic E-state index is 12.8. The SMILES string of the molecule is CC1=NN(c2nc(N)nc(NS(=O)(=O)c3cc(C)c(Cl)cc3S)n2)C(C)(C)C1. The summed E-state index contributed by atoms with van der Waals surface area (Å²) in [7, 11) is -4.03. The molecule has 0 amide bonds. The number of sulfonamides is 1. The molecule has 9 nitrogen and oxygen atoms in total. The maximum atomic E-state index is 12.8. The van der Waals surface area contributed by atoms with Gasteiger partial charge in [-0.05, 0) is 45.4 Å². The molecule has 2 heterocycles. The van der Waals surface area contributed by atoms with Crippen molar-refractivity contribution >= 4 is 57.8 Å². The van der Waals surface area contributed by atoms with E-state index in [1.165, 1.54) is 12.1 Å². The van der Waals surface area contributed by atoms with Gasteiger partial charge in [0.15, 0.2) is 0 Å². The van der Waals surface area contributed by atoms with Crippen LogP contribution < -0.4 is 15.5 Å². The number of nitrogens with one attached hydrogen (secondary N) is 1. The summed E-state index contributed by atoms with van der Waals surface area (Å²) in [6.07, 6.45) is 0.715. The highest BCUT2D eigenvalue weighted by molar-refractivity contribution is 7.93. The molecule has 0 aliphatic carbocycles. The number of hydrogen-bond acceptors (Lipinski definition) is 9. The number of aryl methyl sites for hydroxylation is 1. The summed E-state index contributed by atoms with van der Waals surface area (Å²) >= 11 is 10.2. The molecule has 1 aromatic carbocycles. The van der Waals surface area contributed by atoms with Gasteiger partial charge in [0.25, 0.3) is 16.0 Å². The van der Waals surface area contributed by atoms with Crippen LogP contribution in [-0.2, 0) is 10.0 Å². The van der Waals surface area contributed by atoms with Crippen molar-refractivity contribution in [2.75, 3.05) is 15.5 Å². The van der Waals surface area contributed by atoms with Crippen molar-refractivity contribution in [3.05, 3.63) is 22.7 Å². The van der Waals surface area contributed by atoms with E-state index in [2.05, 4.69) is 37.4 Å². The van der Waals surface area contributed by atoms with Crippen LogP contribution in [0, 0.1) is 6.92 Å². The van der Waals surface area contributed by atoms with E-state index < -0.39 is 10.0 Å². The first-order valence-electron chi connectivity index (χ1n) is 8.27. The Kier molecular flexibility index (Phi) is 5.19. The average Bonchev–Trinajstić information content (AvgIpc) is 2.82. The molecular weight excluding hydrogens is 422 g/mol. The summed E-state index contributed by atoms with van der Waals surface area (Å²) in [5.74, 6) is -0.180. The van der Waals surface area contributed by atoms with E-state index in [-0.39, 0.29) is 33.2 Å². The third-order valence-corrected chi connectivity index (χ3v) is 6.41. The first-order valence-corrected chi connectivity index (χ1v) is 10.6. The molecule has 0 bridgehead atoms. The summed E-state index contributed by atoms with van der Waals surface area (Å²) in [4.78, 5) is 12.3. The van der Waals surface area contributed by atoms with Gasteiger partial charge in [-0.3, -0.25) is 0 Å². The normalized spacial score (nSPS) is 16.2. The zero-order valence-electron chi connectivity index (χ0n) is 15.7. The van der Waals surface area contributed by atoms with Crippen molar-refractivity contribution in [2.45, 2.75) is 49.4 Å². The molecule has 12 heteroatoms. The third kappa shape index (κ3) is 4.01. The number of aromatic nitrogens is 3. The van der Waals surface area contributed by atoms with Crippen LogP contribution in [0.1, 0.15) is 32.8 Å². The summed E-state index contributed by atoms with van der Waals surface area (Å²) in [6.45, 7) is 7.54. The first kappa shape index (κ1) is 20.6. The molecule has 0 saturated carbocycles. The standard InChI is InChI=1S/C16H20ClN7O2S2/c1-8-5-12(11(27)6-10(8)17)28(25,26)23-14-19-13(18)20-15(21-14)24-16(3,4)7-9(2)22-24/h5-6,27H,7H2,1-4H3,(H3,18,19,20,21,23). The van der Waals surface area contributed by atoms with Crippen molar-refractivity contribution < 1.29 is 8.42 Å². The molecule has 1 aromatic heterocycles. The largest absolute Gasteiger partial charge is 0.368 e. The minimum absolute atomic E-state index is 0.0476. The molecule has 0 unspecified atom stereocenters. The van der Waals surface area contributed by atoms with Gasteiger partial charge in [-0.2, -0.15) is 20.1 Å². The van der Waals surface area contributed by atoms with Gasteiger partial charge in [0.1, 0.15) is 4.90 Å². The van der Waals surface area contributed by atoms with Crippen LogP contribution in [0.4, 0.5) is 17.8 Å². The van der Waals surface area contributed by atoms with Crippen LogP contribution in [0.3, 0.4) is 0 Å². The second kappa shape index (κ2) is 7.05. The Balaban J connectivity index is 2.00. The summed E-state index contributed by atoms with van der Waals surface area (Å²) in [5, 5.41) is 6.44. The van der Waals surface area contributed by atoms with Crippen LogP contribution in [0.2, 0.25) is 5.02 Å². The van der Waals surface area contributed by atoms with E-state index in [1.807, 2.05) is 20.8 Å². The van der Waals surface area contributed by atoms with Gasteiger partial charge in [-0.25, -0.2) is 18.1 Å². The Morgan fingerprint density at radius 2 is 1.93 bits per heavy atom. The zero-order chi connectivity index (χ0) is 20.9. The predicted molar refractivity (Wildman–Crippen MR) is 113 cm³/mol. The molecule has 150 valence electrons. The number of nitrogens with zero attached hydrogens (tertiary/aromatic N) is 5. The maximum Gasteiger partial charge on any atom is 0.265 e. The predicted octanol–water partition coefficient (Wildman–Crippen LogP) is 2.87. The van der Waals surface area contributed by atoms with Gasteiger partial charge in [0, 0.05) is 22.1 Å². The molecule has 1 aliphatic rings. The van der Waals surface area contributed by atoms with Crippen molar-refractivity contribution in [3.63, 3.8) is 0 Å². The molecular formula is C16H20ClN7O2S2. The van der Waals surface area contributed by atoms with Gasteiger partial charge in [0.2, 0.25) is 11.9 Å². The third-order valence-electron chi connectivity index (χ3n) is 4.12. The summed E-state index contributed by atoms with van der Waals surface area (Å²) < 4.78 is 28.0. The summed E-state index contributed by atoms with van der Waals surface area (Å²) in [5.41, 5.74) is 6.90. The fourth-order valence-electron chi connectivity index (χ4n) is 2.91. The molecule has 0 saturated heterocycles. The fourth-order valence-corrected chi connectivity index (χ4v) is 4.82. The monoisotopic (exact) mass is 441 g/mol.